The van der Waals surface area contributed by atoms with Crippen LogP contribution >= 0.6 is 0 Å². The zero-order chi connectivity index (χ0) is 19.2. The van der Waals surface area contributed by atoms with E-state index in [0.29, 0.717) is 11.6 Å². The molecule has 3 aromatic rings. The number of anilines is 1. The molecular weight excluding hydrogens is 336 g/mol. The molecule has 0 saturated carbocycles. The molecule has 1 aromatic heterocycles. The minimum atomic E-state index is -0.215. The standard InChI is InChI=1S/C22H24N4O/c1-15-14-20(21(27)24-16(2)18-10-6-4-7-11-18)26-22(23-15)25-17(3)19-12-8-5-9-13-19/h4-14,16-17H,1-3H3,(H,24,27)(H,23,25,26). The second-order valence-corrected chi connectivity index (χ2v) is 6.60. The fourth-order valence-corrected chi connectivity index (χ4v) is 2.86. The normalized spacial score (nSPS) is 12.9. The van der Waals surface area contributed by atoms with Crippen molar-refractivity contribution in [2.24, 2.45) is 0 Å². The van der Waals surface area contributed by atoms with Gasteiger partial charge >= 0.3 is 0 Å². The van der Waals surface area contributed by atoms with Crippen LogP contribution in [-0.4, -0.2) is 15.9 Å². The summed E-state index contributed by atoms with van der Waals surface area (Å²) in [4.78, 5) is 21.5. The van der Waals surface area contributed by atoms with Crippen LogP contribution in [0.25, 0.3) is 0 Å². The molecule has 2 aromatic carbocycles. The summed E-state index contributed by atoms with van der Waals surface area (Å²) < 4.78 is 0. The molecule has 0 fully saturated rings. The van der Waals surface area contributed by atoms with E-state index in [1.165, 1.54) is 0 Å². The number of carbonyl (C=O) groups is 1. The van der Waals surface area contributed by atoms with Crippen LogP contribution in [0.15, 0.2) is 66.7 Å². The summed E-state index contributed by atoms with van der Waals surface area (Å²) in [6, 6.07) is 21.5. The molecule has 5 heteroatoms. The van der Waals surface area contributed by atoms with E-state index in [1.54, 1.807) is 6.07 Å². The van der Waals surface area contributed by atoms with Gasteiger partial charge in [0.15, 0.2) is 0 Å². The minimum Gasteiger partial charge on any atom is -0.348 e. The van der Waals surface area contributed by atoms with Gasteiger partial charge in [0.05, 0.1) is 12.1 Å². The first-order valence-electron chi connectivity index (χ1n) is 9.06. The number of amides is 1. The predicted octanol–water partition coefficient (Wildman–Crippen LogP) is 4.45. The number of aromatic nitrogens is 2. The highest BCUT2D eigenvalue weighted by Gasteiger charge is 2.15. The maximum absolute atomic E-state index is 12.7. The van der Waals surface area contributed by atoms with Gasteiger partial charge in [-0.1, -0.05) is 60.7 Å². The van der Waals surface area contributed by atoms with Gasteiger partial charge in [0, 0.05) is 5.69 Å². The highest BCUT2D eigenvalue weighted by atomic mass is 16.1. The summed E-state index contributed by atoms with van der Waals surface area (Å²) in [6.07, 6.45) is 0. The van der Waals surface area contributed by atoms with Gasteiger partial charge in [0.2, 0.25) is 5.95 Å². The molecule has 2 atom stereocenters. The first kappa shape index (κ1) is 18.6. The average molecular weight is 360 g/mol. The second kappa shape index (κ2) is 8.45. The Morgan fingerprint density at radius 3 is 2.00 bits per heavy atom. The van der Waals surface area contributed by atoms with E-state index in [4.69, 9.17) is 0 Å². The lowest BCUT2D eigenvalue weighted by Gasteiger charge is -2.16. The maximum Gasteiger partial charge on any atom is 0.270 e. The maximum atomic E-state index is 12.7. The van der Waals surface area contributed by atoms with E-state index in [0.717, 1.165) is 16.8 Å². The number of aryl methyl sites for hydroxylation is 1. The van der Waals surface area contributed by atoms with Crippen molar-refractivity contribution >= 4 is 11.9 Å². The first-order valence-corrected chi connectivity index (χ1v) is 9.06. The fraction of sp³-hybridized carbons (Fsp3) is 0.227. The summed E-state index contributed by atoms with van der Waals surface area (Å²) in [5.41, 5.74) is 3.28. The van der Waals surface area contributed by atoms with Gasteiger partial charge in [0.25, 0.3) is 5.91 Å². The summed E-state index contributed by atoms with van der Waals surface area (Å²) in [7, 11) is 0. The molecule has 5 nitrogen and oxygen atoms in total. The molecule has 138 valence electrons. The van der Waals surface area contributed by atoms with Crippen LogP contribution in [0, 0.1) is 6.92 Å². The molecule has 27 heavy (non-hydrogen) atoms. The van der Waals surface area contributed by atoms with Crippen molar-refractivity contribution in [1.29, 1.82) is 0 Å². The molecule has 0 radical (unpaired) electrons. The molecule has 0 aliphatic carbocycles. The lowest BCUT2D eigenvalue weighted by Crippen LogP contribution is -2.28. The van der Waals surface area contributed by atoms with Crippen LogP contribution in [0.2, 0.25) is 0 Å². The van der Waals surface area contributed by atoms with E-state index in [2.05, 4.69) is 20.6 Å². The van der Waals surface area contributed by atoms with Crippen molar-refractivity contribution in [2.45, 2.75) is 32.9 Å². The number of hydrogen-bond donors (Lipinski definition) is 2. The molecule has 3 rings (SSSR count). The number of nitrogens with zero attached hydrogens (tertiary/aromatic N) is 2. The summed E-state index contributed by atoms with van der Waals surface area (Å²) in [5.74, 6) is 0.233. The van der Waals surface area contributed by atoms with Gasteiger partial charge in [-0.15, -0.1) is 0 Å². The lowest BCUT2D eigenvalue weighted by molar-refractivity contribution is 0.0934. The van der Waals surface area contributed by atoms with E-state index < -0.39 is 0 Å². The van der Waals surface area contributed by atoms with Crippen molar-refractivity contribution in [3.8, 4) is 0 Å². The van der Waals surface area contributed by atoms with Crippen molar-refractivity contribution in [3.63, 3.8) is 0 Å². The molecule has 0 aliphatic heterocycles. The van der Waals surface area contributed by atoms with Crippen LogP contribution in [0.1, 0.15) is 53.2 Å². The Balaban J connectivity index is 1.73. The molecule has 0 spiro atoms. The zero-order valence-electron chi connectivity index (χ0n) is 15.8. The Morgan fingerprint density at radius 2 is 1.41 bits per heavy atom. The average Bonchev–Trinajstić information content (AvgIpc) is 2.68. The number of hydrogen-bond acceptors (Lipinski definition) is 4. The fourth-order valence-electron chi connectivity index (χ4n) is 2.86. The number of benzene rings is 2. The monoisotopic (exact) mass is 360 g/mol. The highest BCUT2D eigenvalue weighted by Crippen LogP contribution is 2.17. The van der Waals surface area contributed by atoms with Gasteiger partial charge < -0.3 is 10.6 Å². The summed E-state index contributed by atoms with van der Waals surface area (Å²) in [5, 5.41) is 6.27. The second-order valence-electron chi connectivity index (χ2n) is 6.60. The van der Waals surface area contributed by atoms with Gasteiger partial charge in [-0.3, -0.25) is 4.79 Å². The first-order chi connectivity index (χ1) is 13.0. The van der Waals surface area contributed by atoms with Crippen LogP contribution in [0.3, 0.4) is 0 Å². The largest absolute Gasteiger partial charge is 0.348 e. The molecule has 2 N–H and O–H groups in total. The third-order valence-electron chi connectivity index (χ3n) is 4.38. The molecule has 0 bridgehead atoms. The van der Waals surface area contributed by atoms with Crippen molar-refractivity contribution < 1.29 is 4.79 Å². The van der Waals surface area contributed by atoms with Gasteiger partial charge in [-0.2, -0.15) is 0 Å². The van der Waals surface area contributed by atoms with Gasteiger partial charge in [-0.25, -0.2) is 9.97 Å². The van der Waals surface area contributed by atoms with Crippen molar-refractivity contribution in [2.75, 3.05) is 5.32 Å². The molecule has 0 saturated heterocycles. The Hall–Kier alpha value is -3.21. The Morgan fingerprint density at radius 1 is 0.852 bits per heavy atom. The van der Waals surface area contributed by atoms with Crippen LogP contribution < -0.4 is 10.6 Å². The number of rotatable bonds is 6. The smallest absolute Gasteiger partial charge is 0.270 e. The molecule has 0 aliphatic rings. The Bertz CT molecular complexity index is 897. The van der Waals surface area contributed by atoms with Crippen LogP contribution in [-0.2, 0) is 0 Å². The van der Waals surface area contributed by atoms with E-state index >= 15 is 0 Å². The van der Waals surface area contributed by atoms with E-state index in [1.807, 2.05) is 81.4 Å². The third-order valence-corrected chi connectivity index (χ3v) is 4.38. The lowest BCUT2D eigenvalue weighted by atomic mass is 10.1. The Labute approximate surface area is 159 Å². The van der Waals surface area contributed by atoms with Gasteiger partial charge in [0.1, 0.15) is 5.69 Å². The molecule has 1 heterocycles. The molecular formula is C22H24N4O. The van der Waals surface area contributed by atoms with Crippen LogP contribution in [0.5, 0.6) is 0 Å². The third kappa shape index (κ3) is 4.91. The topological polar surface area (TPSA) is 66.9 Å². The quantitative estimate of drug-likeness (QED) is 0.681. The highest BCUT2D eigenvalue weighted by molar-refractivity contribution is 5.92. The SMILES string of the molecule is Cc1cc(C(=O)NC(C)c2ccccc2)nc(NC(C)c2ccccc2)n1. The van der Waals surface area contributed by atoms with Gasteiger partial charge in [-0.05, 0) is 38.0 Å². The number of nitrogens with one attached hydrogen (secondary N) is 2. The molecule has 2 unspecified atom stereocenters. The molecule has 1 amide bonds. The summed E-state index contributed by atoms with van der Waals surface area (Å²) in [6.45, 7) is 5.85. The van der Waals surface area contributed by atoms with E-state index in [9.17, 15) is 4.79 Å². The van der Waals surface area contributed by atoms with Crippen molar-refractivity contribution in [3.05, 3.63) is 89.2 Å². The minimum absolute atomic E-state index is 0.0344. The number of carbonyl (C=O) groups excluding carboxylic acids is 1. The predicted molar refractivity (Wildman–Crippen MR) is 108 cm³/mol. The Kier molecular flexibility index (Phi) is 5.81. The van der Waals surface area contributed by atoms with Crippen molar-refractivity contribution in [1.82, 2.24) is 15.3 Å². The zero-order valence-corrected chi connectivity index (χ0v) is 15.8. The van der Waals surface area contributed by atoms with Crippen LogP contribution in [0.4, 0.5) is 5.95 Å². The van der Waals surface area contributed by atoms with E-state index in [-0.39, 0.29) is 18.0 Å². The summed E-state index contributed by atoms with van der Waals surface area (Å²) >= 11 is 0.